The van der Waals surface area contributed by atoms with Gasteiger partial charge in [-0.3, -0.25) is 4.98 Å². The van der Waals surface area contributed by atoms with Gasteiger partial charge in [-0.2, -0.15) is 0 Å². The van der Waals surface area contributed by atoms with Crippen molar-refractivity contribution in [3.63, 3.8) is 0 Å². The number of fused-ring (bicyclic) bond motifs is 10. The zero-order valence-electron chi connectivity index (χ0n) is 32.4. The van der Waals surface area contributed by atoms with Crippen LogP contribution in [0.4, 0.5) is 0 Å². The van der Waals surface area contributed by atoms with Gasteiger partial charge in [0.1, 0.15) is 0 Å². The quantitative estimate of drug-likeness (QED) is 0.164. The largest absolute Gasteiger partial charge is 0.264 e. The summed E-state index contributed by atoms with van der Waals surface area (Å²) >= 11 is 0. The van der Waals surface area contributed by atoms with E-state index in [1.165, 1.54) is 43.1 Å². The van der Waals surface area contributed by atoms with Crippen LogP contribution < -0.4 is 0 Å². The Balaban J connectivity index is 1.17. The van der Waals surface area contributed by atoms with E-state index < -0.39 is 0 Å². The van der Waals surface area contributed by atoms with Crippen molar-refractivity contribution in [2.24, 2.45) is 0 Å². The molecular formula is C56H34N4. The van der Waals surface area contributed by atoms with Gasteiger partial charge in [-0.15, -0.1) is 0 Å². The normalized spacial score (nSPS) is 11.7. The molecule has 0 amide bonds. The van der Waals surface area contributed by atoms with Gasteiger partial charge >= 0.3 is 0 Å². The van der Waals surface area contributed by atoms with Crippen LogP contribution in [0.25, 0.3) is 121 Å². The maximum atomic E-state index is 5.35. The van der Waals surface area contributed by atoms with Gasteiger partial charge in [0.15, 0.2) is 17.5 Å². The topological polar surface area (TPSA) is 51.6 Å². The molecule has 0 fully saturated rings. The smallest absolute Gasteiger partial charge is 0.164 e. The Labute approximate surface area is 346 Å². The lowest BCUT2D eigenvalue weighted by Gasteiger charge is -2.17. The minimum atomic E-state index is 0.601. The lowest BCUT2D eigenvalue weighted by atomic mass is 9.86. The molecule has 278 valence electrons. The van der Waals surface area contributed by atoms with E-state index in [4.69, 9.17) is 15.0 Å². The molecule has 0 aliphatic rings. The van der Waals surface area contributed by atoms with Crippen molar-refractivity contribution in [2.75, 3.05) is 0 Å². The first-order valence-electron chi connectivity index (χ1n) is 20.3. The molecule has 4 nitrogen and oxygen atoms in total. The van der Waals surface area contributed by atoms with Crippen LogP contribution in [0.2, 0.25) is 0 Å². The molecule has 0 unspecified atom stereocenters. The fraction of sp³-hybridized carbons (Fsp3) is 0. The van der Waals surface area contributed by atoms with E-state index in [1.807, 2.05) is 18.5 Å². The second-order valence-electron chi connectivity index (χ2n) is 15.4. The van der Waals surface area contributed by atoms with Crippen LogP contribution in [0, 0.1) is 0 Å². The van der Waals surface area contributed by atoms with Gasteiger partial charge in [0.2, 0.25) is 0 Å². The molecule has 0 bridgehead atoms. The first kappa shape index (κ1) is 34.0. The van der Waals surface area contributed by atoms with Crippen LogP contribution in [-0.2, 0) is 0 Å². The highest BCUT2D eigenvalue weighted by molar-refractivity contribution is 6.33. The van der Waals surface area contributed by atoms with E-state index in [2.05, 4.69) is 193 Å². The van der Waals surface area contributed by atoms with Gasteiger partial charge < -0.3 is 0 Å². The first-order valence-corrected chi connectivity index (χ1v) is 20.3. The maximum absolute atomic E-state index is 5.35. The molecule has 0 saturated carbocycles. The number of hydrogen-bond acceptors (Lipinski definition) is 4. The summed E-state index contributed by atoms with van der Waals surface area (Å²) in [5.41, 5.74) is 7.07. The van der Waals surface area contributed by atoms with Crippen molar-refractivity contribution in [3.8, 4) is 56.4 Å². The molecule has 0 aliphatic carbocycles. The third kappa shape index (κ3) is 5.53. The predicted molar refractivity (Wildman–Crippen MR) is 250 cm³/mol. The summed E-state index contributed by atoms with van der Waals surface area (Å²) in [5.74, 6) is 1.86. The SMILES string of the molecule is c1cncc(-c2cc(-c3nc(-c4cccc5ccccc45)nc(-c4cccc5ccccc45)n3)cc(-c3cc4c5ccccc5c5ccccc5c4c4ccccc34)c2)c1. The zero-order valence-corrected chi connectivity index (χ0v) is 32.4. The lowest BCUT2D eigenvalue weighted by Crippen LogP contribution is -2.01. The number of pyridine rings is 1. The molecule has 4 heteroatoms. The van der Waals surface area contributed by atoms with Crippen molar-refractivity contribution < 1.29 is 0 Å². The Bertz CT molecular complexity index is 3560. The van der Waals surface area contributed by atoms with E-state index in [0.29, 0.717) is 17.5 Å². The van der Waals surface area contributed by atoms with E-state index in [1.54, 1.807) is 0 Å². The van der Waals surface area contributed by atoms with Crippen LogP contribution in [0.15, 0.2) is 207 Å². The average molecular weight is 763 g/mol. The predicted octanol–water partition coefficient (Wildman–Crippen LogP) is 14.5. The fourth-order valence-electron chi connectivity index (χ4n) is 9.20. The third-order valence-corrected chi connectivity index (χ3v) is 11.9. The van der Waals surface area contributed by atoms with Gasteiger partial charge in [0.05, 0.1) is 0 Å². The molecular weight excluding hydrogens is 729 g/mol. The molecule has 10 aromatic carbocycles. The summed E-state index contributed by atoms with van der Waals surface area (Å²) in [6, 6.07) is 69.2. The monoisotopic (exact) mass is 762 g/mol. The van der Waals surface area contributed by atoms with Gasteiger partial charge in [-0.1, -0.05) is 164 Å². The first-order chi connectivity index (χ1) is 29.7. The summed E-state index contributed by atoms with van der Waals surface area (Å²) in [7, 11) is 0. The molecule has 2 heterocycles. The Morgan fingerprint density at radius 2 is 0.733 bits per heavy atom. The van der Waals surface area contributed by atoms with Crippen LogP contribution in [-0.4, -0.2) is 19.9 Å². The summed E-state index contributed by atoms with van der Waals surface area (Å²) < 4.78 is 0. The van der Waals surface area contributed by atoms with Crippen molar-refractivity contribution in [1.82, 2.24) is 19.9 Å². The number of aromatic nitrogens is 4. The summed E-state index contributed by atoms with van der Waals surface area (Å²) in [6.45, 7) is 0. The third-order valence-electron chi connectivity index (χ3n) is 11.9. The Morgan fingerprint density at radius 3 is 1.35 bits per heavy atom. The molecule has 0 saturated heterocycles. The molecule has 2 aromatic heterocycles. The summed E-state index contributed by atoms with van der Waals surface area (Å²) in [5, 5.41) is 14.3. The number of hydrogen-bond donors (Lipinski definition) is 0. The van der Waals surface area contributed by atoms with Gasteiger partial charge in [0, 0.05) is 34.6 Å². The van der Waals surface area contributed by atoms with Crippen molar-refractivity contribution in [2.45, 2.75) is 0 Å². The second kappa shape index (κ2) is 13.8. The minimum Gasteiger partial charge on any atom is -0.264 e. The Hall–Kier alpha value is -8.08. The molecule has 0 atom stereocenters. The van der Waals surface area contributed by atoms with E-state index in [-0.39, 0.29) is 0 Å². The van der Waals surface area contributed by atoms with E-state index in [9.17, 15) is 0 Å². The van der Waals surface area contributed by atoms with Crippen LogP contribution >= 0.6 is 0 Å². The molecule has 0 N–H and O–H groups in total. The minimum absolute atomic E-state index is 0.601. The maximum Gasteiger partial charge on any atom is 0.164 e. The number of rotatable bonds is 5. The van der Waals surface area contributed by atoms with Crippen molar-refractivity contribution in [1.29, 1.82) is 0 Å². The molecule has 12 aromatic rings. The standard InChI is InChI=1S/C56H34N4/c1-3-19-41-35(14-1)16-11-27-49(41)55-58-54(59-56(60-55)50-28-12-17-36-15-2-4-20-42(36)50)40-31-38(37-18-13-29-57-34-37)30-39(32-40)51-33-52-45-23-6-5-21-43(45)44-22-7-9-25-47(44)53(52)48-26-10-8-24-46(48)51/h1-34H. The molecule has 60 heavy (non-hydrogen) atoms. The summed E-state index contributed by atoms with van der Waals surface area (Å²) in [4.78, 5) is 20.5. The van der Waals surface area contributed by atoms with Gasteiger partial charge in [0.25, 0.3) is 0 Å². The number of nitrogens with zero attached hydrogens (tertiary/aromatic N) is 4. The van der Waals surface area contributed by atoms with Gasteiger partial charge in [-0.05, 0) is 112 Å². The van der Waals surface area contributed by atoms with Crippen LogP contribution in [0.3, 0.4) is 0 Å². The fourth-order valence-corrected chi connectivity index (χ4v) is 9.20. The molecule has 0 spiro atoms. The highest BCUT2D eigenvalue weighted by Crippen LogP contribution is 2.44. The van der Waals surface area contributed by atoms with E-state index in [0.717, 1.165) is 60.5 Å². The van der Waals surface area contributed by atoms with Crippen molar-refractivity contribution in [3.05, 3.63) is 207 Å². The highest BCUT2D eigenvalue weighted by Gasteiger charge is 2.20. The lowest BCUT2D eigenvalue weighted by molar-refractivity contribution is 1.08. The average Bonchev–Trinajstić information content (AvgIpc) is 3.33. The second-order valence-corrected chi connectivity index (χ2v) is 15.4. The Morgan fingerprint density at radius 1 is 0.267 bits per heavy atom. The summed E-state index contributed by atoms with van der Waals surface area (Å²) in [6.07, 6.45) is 3.75. The van der Waals surface area contributed by atoms with Crippen LogP contribution in [0.1, 0.15) is 0 Å². The highest BCUT2D eigenvalue weighted by atomic mass is 15.0. The molecule has 0 radical (unpaired) electrons. The molecule has 0 aliphatic heterocycles. The van der Waals surface area contributed by atoms with E-state index >= 15 is 0 Å². The van der Waals surface area contributed by atoms with Crippen molar-refractivity contribution >= 4 is 64.6 Å². The Kier molecular flexibility index (Phi) is 7.82. The zero-order chi connectivity index (χ0) is 39.6. The van der Waals surface area contributed by atoms with Gasteiger partial charge in [-0.25, -0.2) is 15.0 Å². The van der Waals surface area contributed by atoms with Crippen LogP contribution in [0.5, 0.6) is 0 Å². The number of benzene rings is 10. The molecule has 12 rings (SSSR count).